The number of aryl methyl sites for hydroxylation is 1. The molecule has 0 aliphatic carbocycles. The molecule has 0 saturated heterocycles. The number of aliphatic carboxylic acids is 1. The molecule has 2 rings (SSSR count). The molecule has 0 fully saturated rings. The number of aromatic nitrogens is 1. The van der Waals surface area contributed by atoms with Crippen molar-refractivity contribution < 1.29 is 9.90 Å². The number of nitrogens with zero attached hydrogens (tertiary/aromatic N) is 1. The van der Waals surface area contributed by atoms with Gasteiger partial charge in [0.2, 0.25) is 0 Å². The third-order valence-electron chi connectivity index (χ3n) is 3.03. The van der Waals surface area contributed by atoms with Crippen LogP contribution in [0.3, 0.4) is 0 Å². The minimum Gasteiger partial charge on any atom is -0.481 e. The lowest BCUT2D eigenvalue weighted by Crippen LogP contribution is -2.17. The highest BCUT2D eigenvalue weighted by molar-refractivity contribution is 6.30. The Kier molecular flexibility index (Phi) is 4.17. The van der Waals surface area contributed by atoms with Gasteiger partial charge < -0.3 is 5.11 Å². The van der Waals surface area contributed by atoms with Gasteiger partial charge in [-0.05, 0) is 42.7 Å². The fourth-order valence-electron chi connectivity index (χ4n) is 2.02. The van der Waals surface area contributed by atoms with Gasteiger partial charge in [-0.2, -0.15) is 0 Å². The lowest BCUT2D eigenvalue weighted by atomic mass is 9.93. The number of pyridine rings is 1. The Morgan fingerprint density at radius 3 is 2.58 bits per heavy atom. The number of carboxylic acids is 1. The minimum absolute atomic E-state index is 0.407. The van der Waals surface area contributed by atoms with Crippen LogP contribution in [0.2, 0.25) is 5.02 Å². The molecule has 1 atom stereocenters. The second-order valence-corrected chi connectivity index (χ2v) is 4.86. The summed E-state index contributed by atoms with van der Waals surface area (Å²) in [6.45, 7) is 1.88. The number of hydrogen-bond acceptors (Lipinski definition) is 2. The van der Waals surface area contributed by atoms with Crippen LogP contribution in [0.5, 0.6) is 0 Å². The Labute approximate surface area is 116 Å². The molecule has 1 N–H and O–H groups in total. The standard InChI is InChI=1S/C15H14ClNO2/c1-10-3-2-8-17-14(10)13(15(18)19)9-11-4-6-12(16)7-5-11/h2-8,13H,9H2,1H3,(H,18,19). The van der Waals surface area contributed by atoms with Crippen molar-refractivity contribution in [2.75, 3.05) is 0 Å². The Morgan fingerprint density at radius 1 is 1.32 bits per heavy atom. The fraction of sp³-hybridized carbons (Fsp3) is 0.200. The maximum atomic E-state index is 11.5. The molecule has 3 nitrogen and oxygen atoms in total. The van der Waals surface area contributed by atoms with Crippen molar-refractivity contribution in [3.8, 4) is 0 Å². The second-order valence-electron chi connectivity index (χ2n) is 4.43. The number of hydrogen-bond donors (Lipinski definition) is 1. The highest BCUT2D eigenvalue weighted by Gasteiger charge is 2.23. The first-order valence-corrected chi connectivity index (χ1v) is 6.34. The fourth-order valence-corrected chi connectivity index (χ4v) is 2.15. The normalized spacial score (nSPS) is 12.1. The van der Waals surface area contributed by atoms with Crippen LogP contribution < -0.4 is 0 Å². The monoisotopic (exact) mass is 275 g/mol. The van der Waals surface area contributed by atoms with Crippen molar-refractivity contribution in [3.63, 3.8) is 0 Å². The number of rotatable bonds is 4. The molecule has 0 radical (unpaired) electrons. The average molecular weight is 276 g/mol. The number of halogens is 1. The van der Waals surface area contributed by atoms with E-state index >= 15 is 0 Å². The van der Waals surface area contributed by atoms with E-state index in [1.165, 1.54) is 0 Å². The van der Waals surface area contributed by atoms with Crippen LogP contribution >= 0.6 is 11.6 Å². The van der Waals surface area contributed by atoms with Gasteiger partial charge >= 0.3 is 5.97 Å². The van der Waals surface area contributed by atoms with Crippen molar-refractivity contribution in [1.29, 1.82) is 0 Å². The Balaban J connectivity index is 2.29. The van der Waals surface area contributed by atoms with Crippen molar-refractivity contribution in [2.24, 2.45) is 0 Å². The molecular weight excluding hydrogens is 262 g/mol. The predicted octanol–water partition coefficient (Wildman–Crippen LogP) is 3.45. The second kappa shape index (κ2) is 5.85. The average Bonchev–Trinajstić information content (AvgIpc) is 2.39. The van der Waals surface area contributed by atoms with Crippen LogP contribution in [0.4, 0.5) is 0 Å². The van der Waals surface area contributed by atoms with Gasteiger partial charge in [0.05, 0.1) is 5.69 Å². The molecule has 0 spiro atoms. The summed E-state index contributed by atoms with van der Waals surface area (Å²) < 4.78 is 0. The van der Waals surface area contributed by atoms with Crippen LogP contribution in [0.15, 0.2) is 42.6 Å². The van der Waals surface area contributed by atoms with Gasteiger partial charge in [-0.1, -0.05) is 29.8 Å². The molecule has 0 saturated carbocycles. The highest BCUT2D eigenvalue weighted by atomic mass is 35.5. The van der Waals surface area contributed by atoms with Crippen LogP contribution in [0, 0.1) is 6.92 Å². The zero-order valence-corrected chi connectivity index (χ0v) is 11.3. The maximum absolute atomic E-state index is 11.5. The highest BCUT2D eigenvalue weighted by Crippen LogP contribution is 2.23. The molecule has 1 heterocycles. The van der Waals surface area contributed by atoms with Gasteiger partial charge in [-0.25, -0.2) is 0 Å². The van der Waals surface area contributed by atoms with E-state index in [1.54, 1.807) is 24.4 Å². The molecule has 1 aromatic heterocycles. The summed E-state index contributed by atoms with van der Waals surface area (Å²) in [5, 5.41) is 10.0. The van der Waals surface area contributed by atoms with E-state index < -0.39 is 11.9 Å². The van der Waals surface area contributed by atoms with E-state index in [9.17, 15) is 9.90 Å². The van der Waals surface area contributed by atoms with Crippen LogP contribution in [-0.2, 0) is 11.2 Å². The van der Waals surface area contributed by atoms with Gasteiger partial charge in [-0.15, -0.1) is 0 Å². The third kappa shape index (κ3) is 3.32. The van der Waals surface area contributed by atoms with Gasteiger partial charge in [0, 0.05) is 11.2 Å². The molecule has 2 aromatic rings. The van der Waals surface area contributed by atoms with E-state index in [2.05, 4.69) is 4.98 Å². The van der Waals surface area contributed by atoms with Crippen LogP contribution in [-0.4, -0.2) is 16.1 Å². The lowest BCUT2D eigenvalue weighted by molar-refractivity contribution is -0.138. The molecule has 98 valence electrons. The lowest BCUT2D eigenvalue weighted by Gasteiger charge is -2.14. The van der Waals surface area contributed by atoms with E-state index in [-0.39, 0.29) is 0 Å². The van der Waals surface area contributed by atoms with Gasteiger partial charge in [0.25, 0.3) is 0 Å². The van der Waals surface area contributed by atoms with Crippen molar-refractivity contribution in [3.05, 3.63) is 64.4 Å². The molecule has 4 heteroatoms. The van der Waals surface area contributed by atoms with Crippen molar-refractivity contribution in [1.82, 2.24) is 4.98 Å². The Bertz CT molecular complexity index is 581. The molecule has 1 unspecified atom stereocenters. The summed E-state index contributed by atoms with van der Waals surface area (Å²) in [6.07, 6.45) is 2.03. The first kappa shape index (κ1) is 13.6. The predicted molar refractivity (Wildman–Crippen MR) is 74.5 cm³/mol. The largest absolute Gasteiger partial charge is 0.481 e. The van der Waals surface area contributed by atoms with Crippen molar-refractivity contribution >= 4 is 17.6 Å². The molecule has 0 bridgehead atoms. The van der Waals surface area contributed by atoms with E-state index in [0.29, 0.717) is 17.1 Å². The summed E-state index contributed by atoms with van der Waals surface area (Å²) in [7, 11) is 0. The maximum Gasteiger partial charge on any atom is 0.312 e. The first-order chi connectivity index (χ1) is 9.08. The number of carboxylic acid groups (broad SMARTS) is 1. The summed E-state index contributed by atoms with van der Waals surface area (Å²) in [4.78, 5) is 15.7. The molecule has 0 aliphatic rings. The molecule has 19 heavy (non-hydrogen) atoms. The first-order valence-electron chi connectivity index (χ1n) is 5.96. The van der Waals surface area contributed by atoms with Gasteiger partial charge in [-0.3, -0.25) is 9.78 Å². The SMILES string of the molecule is Cc1cccnc1C(Cc1ccc(Cl)cc1)C(=O)O. The number of benzene rings is 1. The van der Waals surface area contributed by atoms with E-state index in [1.807, 2.05) is 25.1 Å². The van der Waals surface area contributed by atoms with Crippen LogP contribution in [0.1, 0.15) is 22.7 Å². The van der Waals surface area contributed by atoms with Crippen molar-refractivity contribution in [2.45, 2.75) is 19.3 Å². The summed E-state index contributed by atoms with van der Waals surface area (Å²) >= 11 is 5.82. The van der Waals surface area contributed by atoms with Gasteiger partial charge in [0.15, 0.2) is 0 Å². The van der Waals surface area contributed by atoms with Gasteiger partial charge in [0.1, 0.15) is 5.92 Å². The summed E-state index contributed by atoms with van der Waals surface area (Å²) in [6, 6.07) is 10.9. The third-order valence-corrected chi connectivity index (χ3v) is 3.28. The topological polar surface area (TPSA) is 50.2 Å². The summed E-state index contributed by atoms with van der Waals surface area (Å²) in [5.41, 5.74) is 2.44. The zero-order valence-electron chi connectivity index (χ0n) is 10.5. The van der Waals surface area contributed by atoms with Crippen LogP contribution in [0.25, 0.3) is 0 Å². The number of carbonyl (C=O) groups is 1. The smallest absolute Gasteiger partial charge is 0.312 e. The summed E-state index contributed by atoms with van der Waals surface area (Å²) in [5.74, 6) is -1.50. The Morgan fingerprint density at radius 2 is 2.00 bits per heavy atom. The quantitative estimate of drug-likeness (QED) is 0.930. The van der Waals surface area contributed by atoms with E-state index in [4.69, 9.17) is 11.6 Å². The molecule has 1 aromatic carbocycles. The minimum atomic E-state index is -0.864. The van der Waals surface area contributed by atoms with E-state index in [0.717, 1.165) is 11.1 Å². The molecule has 0 amide bonds. The Hall–Kier alpha value is -1.87. The molecular formula is C15H14ClNO2. The zero-order chi connectivity index (χ0) is 13.8. The molecule has 0 aliphatic heterocycles.